The monoisotopic (exact) mass is 301 g/mol. The summed E-state index contributed by atoms with van der Waals surface area (Å²) in [5.74, 6) is 0.765. The van der Waals surface area contributed by atoms with Gasteiger partial charge in [-0.3, -0.25) is 0 Å². The predicted octanol–water partition coefficient (Wildman–Crippen LogP) is 5.72. The number of benzene rings is 2. The van der Waals surface area contributed by atoms with Gasteiger partial charge in [-0.2, -0.15) is 0 Å². The molecular formula is C19H24ClN. The van der Waals surface area contributed by atoms with Crippen LogP contribution in [-0.4, -0.2) is 6.54 Å². The van der Waals surface area contributed by atoms with E-state index in [1.165, 1.54) is 48.4 Å². The van der Waals surface area contributed by atoms with Crippen molar-refractivity contribution in [2.24, 2.45) is 5.92 Å². The fraction of sp³-hybridized carbons (Fsp3) is 0.474. The first-order valence-electron chi connectivity index (χ1n) is 8.21. The van der Waals surface area contributed by atoms with Crippen LogP contribution >= 0.6 is 11.6 Å². The van der Waals surface area contributed by atoms with E-state index in [0.717, 1.165) is 17.5 Å². The van der Waals surface area contributed by atoms with Gasteiger partial charge in [0.15, 0.2) is 0 Å². The molecule has 1 atom stereocenters. The first kappa shape index (κ1) is 14.9. The predicted molar refractivity (Wildman–Crippen MR) is 92.0 cm³/mol. The number of fused-ring (bicyclic) bond motifs is 1. The van der Waals surface area contributed by atoms with Gasteiger partial charge < -0.3 is 5.32 Å². The topological polar surface area (TPSA) is 12.0 Å². The average Bonchev–Trinajstić information content (AvgIpc) is 3.04. The van der Waals surface area contributed by atoms with Crippen molar-refractivity contribution in [2.45, 2.75) is 45.1 Å². The van der Waals surface area contributed by atoms with Crippen LogP contribution < -0.4 is 5.32 Å². The standard InChI is InChI=1S/C19H24ClN/c1-2-13-21-19(14-7-3-4-8-14)17-11-12-18(20)16-10-6-5-9-15(16)17/h5-6,9-12,14,19,21H,2-4,7-8,13H2,1H3. The fourth-order valence-electron chi connectivity index (χ4n) is 3.68. The molecule has 0 saturated heterocycles. The Hall–Kier alpha value is -1.05. The molecule has 0 aromatic heterocycles. The van der Waals surface area contributed by atoms with Gasteiger partial charge in [-0.15, -0.1) is 0 Å². The highest BCUT2D eigenvalue weighted by Gasteiger charge is 2.27. The fourth-order valence-corrected chi connectivity index (χ4v) is 3.91. The lowest BCUT2D eigenvalue weighted by atomic mass is 9.88. The molecule has 1 N–H and O–H groups in total. The summed E-state index contributed by atoms with van der Waals surface area (Å²) < 4.78 is 0. The van der Waals surface area contributed by atoms with Crippen LogP contribution in [0.25, 0.3) is 10.8 Å². The van der Waals surface area contributed by atoms with Crippen molar-refractivity contribution in [1.82, 2.24) is 5.32 Å². The smallest absolute Gasteiger partial charge is 0.0484 e. The summed E-state index contributed by atoms with van der Waals surface area (Å²) in [7, 11) is 0. The molecule has 1 aliphatic carbocycles. The molecule has 1 fully saturated rings. The van der Waals surface area contributed by atoms with Crippen LogP contribution in [-0.2, 0) is 0 Å². The zero-order chi connectivity index (χ0) is 14.7. The molecule has 0 heterocycles. The minimum atomic E-state index is 0.467. The molecule has 21 heavy (non-hydrogen) atoms. The maximum atomic E-state index is 6.38. The van der Waals surface area contributed by atoms with E-state index in [-0.39, 0.29) is 0 Å². The normalized spacial score (nSPS) is 17.4. The van der Waals surface area contributed by atoms with Crippen molar-refractivity contribution in [3.05, 3.63) is 47.0 Å². The van der Waals surface area contributed by atoms with Crippen LogP contribution in [0.2, 0.25) is 5.02 Å². The molecule has 0 bridgehead atoms. The van der Waals surface area contributed by atoms with E-state index in [0.29, 0.717) is 6.04 Å². The Labute approximate surface area is 132 Å². The van der Waals surface area contributed by atoms with Crippen molar-refractivity contribution in [1.29, 1.82) is 0 Å². The highest BCUT2D eigenvalue weighted by Crippen LogP contribution is 2.39. The molecule has 3 rings (SSSR count). The second-order valence-corrected chi connectivity index (χ2v) is 6.57. The van der Waals surface area contributed by atoms with Gasteiger partial charge >= 0.3 is 0 Å². The molecule has 2 heteroatoms. The van der Waals surface area contributed by atoms with Gasteiger partial charge in [-0.25, -0.2) is 0 Å². The molecule has 2 aromatic rings. The van der Waals surface area contributed by atoms with E-state index >= 15 is 0 Å². The minimum absolute atomic E-state index is 0.467. The number of rotatable bonds is 5. The zero-order valence-corrected chi connectivity index (χ0v) is 13.5. The summed E-state index contributed by atoms with van der Waals surface area (Å²) in [5.41, 5.74) is 1.43. The highest BCUT2D eigenvalue weighted by atomic mass is 35.5. The Morgan fingerprint density at radius 2 is 1.81 bits per heavy atom. The van der Waals surface area contributed by atoms with E-state index in [1.807, 2.05) is 0 Å². The van der Waals surface area contributed by atoms with Gasteiger partial charge in [0.05, 0.1) is 0 Å². The molecule has 0 aliphatic heterocycles. The summed E-state index contributed by atoms with van der Waals surface area (Å²) in [6, 6.07) is 13.3. The van der Waals surface area contributed by atoms with Crippen molar-refractivity contribution in [2.75, 3.05) is 6.54 Å². The van der Waals surface area contributed by atoms with E-state index < -0.39 is 0 Å². The minimum Gasteiger partial charge on any atom is -0.310 e. The summed E-state index contributed by atoms with van der Waals surface area (Å²) in [6.45, 7) is 3.32. The van der Waals surface area contributed by atoms with Crippen molar-refractivity contribution in [3.8, 4) is 0 Å². The number of hydrogen-bond acceptors (Lipinski definition) is 1. The van der Waals surface area contributed by atoms with Gasteiger partial charge in [0, 0.05) is 16.5 Å². The van der Waals surface area contributed by atoms with E-state index in [4.69, 9.17) is 11.6 Å². The van der Waals surface area contributed by atoms with Crippen molar-refractivity contribution in [3.63, 3.8) is 0 Å². The quantitative estimate of drug-likeness (QED) is 0.744. The number of hydrogen-bond donors (Lipinski definition) is 1. The summed E-state index contributed by atoms with van der Waals surface area (Å²) in [5, 5.41) is 7.14. The van der Waals surface area contributed by atoms with Crippen LogP contribution in [0.15, 0.2) is 36.4 Å². The Morgan fingerprint density at radius 3 is 2.52 bits per heavy atom. The average molecular weight is 302 g/mol. The van der Waals surface area contributed by atoms with E-state index in [1.54, 1.807) is 0 Å². The summed E-state index contributed by atoms with van der Waals surface area (Å²) in [6.07, 6.45) is 6.62. The molecule has 1 unspecified atom stereocenters. The van der Waals surface area contributed by atoms with Crippen LogP contribution in [0, 0.1) is 5.92 Å². The van der Waals surface area contributed by atoms with Gasteiger partial charge in [0.2, 0.25) is 0 Å². The molecule has 112 valence electrons. The van der Waals surface area contributed by atoms with Crippen LogP contribution in [0.1, 0.15) is 50.6 Å². The third kappa shape index (κ3) is 3.09. The Morgan fingerprint density at radius 1 is 1.10 bits per heavy atom. The highest BCUT2D eigenvalue weighted by molar-refractivity contribution is 6.35. The first-order valence-corrected chi connectivity index (χ1v) is 8.59. The largest absolute Gasteiger partial charge is 0.310 e. The van der Waals surface area contributed by atoms with Crippen molar-refractivity contribution < 1.29 is 0 Å². The molecule has 0 amide bonds. The Kier molecular flexibility index (Phi) is 4.82. The van der Waals surface area contributed by atoms with Gasteiger partial charge in [0.25, 0.3) is 0 Å². The molecule has 0 radical (unpaired) electrons. The summed E-state index contributed by atoms with van der Waals surface area (Å²) in [4.78, 5) is 0. The first-order chi connectivity index (χ1) is 10.3. The Balaban J connectivity index is 2.03. The maximum Gasteiger partial charge on any atom is 0.0484 e. The third-order valence-corrected chi connectivity index (χ3v) is 5.05. The van der Waals surface area contributed by atoms with E-state index in [9.17, 15) is 0 Å². The maximum absolute atomic E-state index is 6.38. The molecule has 1 aliphatic rings. The van der Waals surface area contributed by atoms with E-state index in [2.05, 4.69) is 48.6 Å². The lowest BCUT2D eigenvalue weighted by Gasteiger charge is -2.27. The molecular weight excluding hydrogens is 278 g/mol. The van der Waals surface area contributed by atoms with Gasteiger partial charge in [0.1, 0.15) is 0 Å². The lowest BCUT2D eigenvalue weighted by molar-refractivity contribution is 0.370. The second-order valence-electron chi connectivity index (χ2n) is 6.16. The SMILES string of the molecule is CCCNC(c1ccc(Cl)c2ccccc12)C1CCCC1. The van der Waals surface area contributed by atoms with Crippen LogP contribution in [0.5, 0.6) is 0 Å². The number of nitrogens with one attached hydrogen (secondary N) is 1. The van der Waals surface area contributed by atoms with Crippen LogP contribution in [0.4, 0.5) is 0 Å². The van der Waals surface area contributed by atoms with Crippen LogP contribution in [0.3, 0.4) is 0 Å². The Bertz CT molecular complexity index is 602. The third-order valence-electron chi connectivity index (χ3n) is 4.73. The summed E-state index contributed by atoms with van der Waals surface area (Å²) >= 11 is 6.38. The molecule has 1 nitrogen and oxygen atoms in total. The lowest BCUT2D eigenvalue weighted by Crippen LogP contribution is -2.28. The second kappa shape index (κ2) is 6.81. The molecule has 0 spiro atoms. The van der Waals surface area contributed by atoms with Gasteiger partial charge in [-0.05, 0) is 48.7 Å². The molecule has 2 aromatic carbocycles. The van der Waals surface area contributed by atoms with Crippen molar-refractivity contribution >= 4 is 22.4 Å². The zero-order valence-electron chi connectivity index (χ0n) is 12.7. The molecule has 1 saturated carbocycles. The van der Waals surface area contributed by atoms with Gasteiger partial charge in [-0.1, -0.05) is 61.7 Å². The number of halogens is 1.